The van der Waals surface area contributed by atoms with Gasteiger partial charge in [0, 0.05) is 0 Å². The second-order valence-corrected chi connectivity index (χ2v) is 6.28. The zero-order valence-corrected chi connectivity index (χ0v) is 15.0. The lowest BCUT2D eigenvalue weighted by molar-refractivity contribution is 0.179. The summed E-state index contributed by atoms with van der Waals surface area (Å²) in [4.78, 5) is 0. The van der Waals surface area contributed by atoms with Crippen molar-refractivity contribution in [3.05, 3.63) is 47.1 Å². The first-order valence-corrected chi connectivity index (χ1v) is 8.45. The van der Waals surface area contributed by atoms with Gasteiger partial charge in [-0.2, -0.15) is 0 Å². The van der Waals surface area contributed by atoms with Crippen LogP contribution in [0.2, 0.25) is 0 Å². The maximum atomic E-state index is 9.74. The standard InChI is InChI=1S/C20H34O3/c1-16(8-6-10-18(3)13-14-21)7-5-9-17(2)11-12-20(23)19(4)15-22/h8-9,13,20-23H,4-7,10-12,14-15H2,1-3H3/b16-8+,17-9+,18-13+/t20-/m1/s1. The van der Waals surface area contributed by atoms with Gasteiger partial charge in [0.15, 0.2) is 0 Å². The SMILES string of the molecule is C=C(CO)[C@H](O)CC/C(C)=C/CC/C(C)=C/CC/C(C)=C/CO. The molecular formula is C20H34O3. The minimum atomic E-state index is -0.611. The van der Waals surface area contributed by atoms with Crippen LogP contribution in [0.5, 0.6) is 0 Å². The second kappa shape index (κ2) is 13.3. The molecule has 0 bridgehead atoms. The van der Waals surface area contributed by atoms with Gasteiger partial charge in [-0.05, 0) is 64.9 Å². The van der Waals surface area contributed by atoms with Crippen LogP contribution in [0.15, 0.2) is 47.1 Å². The third-order valence-electron chi connectivity index (χ3n) is 3.99. The summed E-state index contributed by atoms with van der Waals surface area (Å²) in [5, 5.41) is 27.5. The molecule has 0 aliphatic heterocycles. The maximum absolute atomic E-state index is 9.74. The lowest BCUT2D eigenvalue weighted by Gasteiger charge is -2.11. The molecule has 0 aliphatic rings. The molecule has 0 unspecified atom stereocenters. The molecule has 0 aromatic carbocycles. The Morgan fingerprint density at radius 1 is 0.870 bits per heavy atom. The van der Waals surface area contributed by atoms with Crippen LogP contribution in [-0.2, 0) is 0 Å². The zero-order chi connectivity index (χ0) is 17.7. The van der Waals surface area contributed by atoms with E-state index in [1.165, 1.54) is 16.7 Å². The third-order valence-corrected chi connectivity index (χ3v) is 3.99. The van der Waals surface area contributed by atoms with E-state index in [1.54, 1.807) is 0 Å². The maximum Gasteiger partial charge on any atom is 0.0772 e. The third kappa shape index (κ3) is 12.0. The first-order chi connectivity index (χ1) is 10.9. The second-order valence-electron chi connectivity index (χ2n) is 6.28. The Balaban J connectivity index is 4.01. The Bertz CT molecular complexity index is 430. The van der Waals surface area contributed by atoms with Gasteiger partial charge in [-0.1, -0.05) is 41.5 Å². The molecule has 0 rings (SSSR count). The molecule has 3 nitrogen and oxygen atoms in total. The first-order valence-electron chi connectivity index (χ1n) is 8.45. The molecule has 1 atom stereocenters. The van der Waals surface area contributed by atoms with Gasteiger partial charge in [-0.15, -0.1) is 0 Å². The molecule has 132 valence electrons. The van der Waals surface area contributed by atoms with Gasteiger partial charge < -0.3 is 15.3 Å². The molecule has 0 radical (unpaired) electrons. The van der Waals surface area contributed by atoms with E-state index in [4.69, 9.17) is 10.2 Å². The predicted molar refractivity (Wildman–Crippen MR) is 98.3 cm³/mol. The molecule has 0 heterocycles. The van der Waals surface area contributed by atoms with Crippen molar-refractivity contribution >= 4 is 0 Å². The highest BCUT2D eigenvalue weighted by atomic mass is 16.3. The van der Waals surface area contributed by atoms with Crippen LogP contribution in [0.25, 0.3) is 0 Å². The van der Waals surface area contributed by atoms with E-state index < -0.39 is 6.10 Å². The van der Waals surface area contributed by atoms with Crippen LogP contribution in [0, 0.1) is 0 Å². The van der Waals surface area contributed by atoms with Gasteiger partial charge in [-0.3, -0.25) is 0 Å². The van der Waals surface area contributed by atoms with E-state index in [1.807, 2.05) is 13.0 Å². The molecule has 0 fully saturated rings. The van der Waals surface area contributed by atoms with Gasteiger partial charge in [0.25, 0.3) is 0 Å². The predicted octanol–water partition coefficient (Wildman–Crippen LogP) is 4.07. The van der Waals surface area contributed by atoms with Crippen molar-refractivity contribution in [2.45, 2.75) is 65.4 Å². The number of rotatable bonds is 12. The molecule has 0 aromatic rings. The topological polar surface area (TPSA) is 60.7 Å². The molecular weight excluding hydrogens is 288 g/mol. The molecule has 23 heavy (non-hydrogen) atoms. The summed E-state index contributed by atoms with van der Waals surface area (Å²) in [6.07, 6.45) is 11.3. The fraction of sp³-hybridized carbons (Fsp3) is 0.600. The zero-order valence-electron chi connectivity index (χ0n) is 15.0. The molecule has 0 aromatic heterocycles. The van der Waals surface area contributed by atoms with Crippen LogP contribution in [0.1, 0.15) is 59.3 Å². The van der Waals surface area contributed by atoms with Crippen molar-refractivity contribution < 1.29 is 15.3 Å². The van der Waals surface area contributed by atoms with Gasteiger partial charge in [0.05, 0.1) is 19.3 Å². The quantitative estimate of drug-likeness (QED) is 0.475. The van der Waals surface area contributed by atoms with Crippen LogP contribution >= 0.6 is 0 Å². The van der Waals surface area contributed by atoms with Crippen molar-refractivity contribution in [2.24, 2.45) is 0 Å². The summed E-state index contributed by atoms with van der Waals surface area (Å²) in [5.41, 5.74) is 4.38. The van der Waals surface area contributed by atoms with E-state index in [0.717, 1.165) is 32.1 Å². The minimum absolute atomic E-state index is 0.124. The van der Waals surface area contributed by atoms with Gasteiger partial charge in [-0.25, -0.2) is 0 Å². The van der Waals surface area contributed by atoms with Gasteiger partial charge in [0.1, 0.15) is 0 Å². The Morgan fingerprint density at radius 2 is 1.35 bits per heavy atom. The van der Waals surface area contributed by atoms with E-state index in [9.17, 15) is 5.11 Å². The van der Waals surface area contributed by atoms with Crippen molar-refractivity contribution in [2.75, 3.05) is 13.2 Å². The molecule has 0 saturated heterocycles. The molecule has 0 amide bonds. The monoisotopic (exact) mass is 322 g/mol. The van der Waals surface area contributed by atoms with Crippen molar-refractivity contribution in [1.82, 2.24) is 0 Å². The molecule has 0 saturated carbocycles. The van der Waals surface area contributed by atoms with E-state index in [-0.39, 0.29) is 13.2 Å². The summed E-state index contributed by atoms with van der Waals surface area (Å²) < 4.78 is 0. The Kier molecular flexibility index (Phi) is 12.6. The molecule has 0 aliphatic carbocycles. The van der Waals surface area contributed by atoms with E-state index in [2.05, 4.69) is 32.6 Å². The first kappa shape index (κ1) is 21.8. The highest BCUT2D eigenvalue weighted by Crippen LogP contribution is 2.15. The highest BCUT2D eigenvalue weighted by molar-refractivity contribution is 5.07. The average Bonchev–Trinajstić information content (AvgIpc) is 2.52. The lowest BCUT2D eigenvalue weighted by atomic mass is 10.0. The number of allylic oxidation sites excluding steroid dienone is 5. The summed E-state index contributed by atoms with van der Waals surface area (Å²) in [6, 6.07) is 0. The number of hydrogen-bond acceptors (Lipinski definition) is 3. The van der Waals surface area contributed by atoms with Gasteiger partial charge >= 0.3 is 0 Å². The molecule has 3 N–H and O–H groups in total. The van der Waals surface area contributed by atoms with Crippen molar-refractivity contribution in [3.63, 3.8) is 0 Å². The largest absolute Gasteiger partial charge is 0.392 e. The average molecular weight is 322 g/mol. The Labute approximate surface area is 141 Å². The molecule has 3 heteroatoms. The number of aliphatic hydroxyl groups is 3. The van der Waals surface area contributed by atoms with E-state index >= 15 is 0 Å². The lowest BCUT2D eigenvalue weighted by Crippen LogP contribution is -2.12. The van der Waals surface area contributed by atoms with Gasteiger partial charge in [0.2, 0.25) is 0 Å². The van der Waals surface area contributed by atoms with Crippen LogP contribution in [0.4, 0.5) is 0 Å². The number of aliphatic hydroxyl groups excluding tert-OH is 3. The van der Waals surface area contributed by atoms with Crippen LogP contribution in [0.3, 0.4) is 0 Å². The minimum Gasteiger partial charge on any atom is -0.392 e. The smallest absolute Gasteiger partial charge is 0.0772 e. The summed E-state index contributed by atoms with van der Waals surface area (Å²) in [6.45, 7) is 9.90. The summed E-state index contributed by atoms with van der Waals surface area (Å²) in [5.74, 6) is 0. The summed E-state index contributed by atoms with van der Waals surface area (Å²) >= 11 is 0. The van der Waals surface area contributed by atoms with Crippen LogP contribution < -0.4 is 0 Å². The van der Waals surface area contributed by atoms with Crippen molar-refractivity contribution in [1.29, 1.82) is 0 Å². The summed E-state index contributed by atoms with van der Waals surface area (Å²) in [7, 11) is 0. The fourth-order valence-electron chi connectivity index (χ4n) is 2.23. The van der Waals surface area contributed by atoms with Crippen molar-refractivity contribution in [3.8, 4) is 0 Å². The fourth-order valence-corrected chi connectivity index (χ4v) is 2.23. The normalized spacial score (nSPS) is 15.0. The Morgan fingerprint density at radius 3 is 1.83 bits per heavy atom. The molecule has 0 spiro atoms. The van der Waals surface area contributed by atoms with Crippen LogP contribution in [-0.4, -0.2) is 34.6 Å². The number of hydrogen-bond donors (Lipinski definition) is 3. The highest BCUT2D eigenvalue weighted by Gasteiger charge is 2.07. The Hall–Kier alpha value is -1.16. The van der Waals surface area contributed by atoms with E-state index in [0.29, 0.717) is 12.0 Å².